The van der Waals surface area contributed by atoms with Gasteiger partial charge in [-0.15, -0.1) is 0 Å². The Morgan fingerprint density at radius 1 is 0.968 bits per heavy atom. The number of nitrogens with one attached hydrogen (secondary N) is 1. The molecule has 5 nitrogen and oxygen atoms in total. The largest absolute Gasteiger partial charge is 0.435 e. The van der Waals surface area contributed by atoms with E-state index >= 15 is 0 Å². The summed E-state index contributed by atoms with van der Waals surface area (Å²) < 4.78 is 41.1. The number of nitrogens with zero attached hydrogens (tertiary/aromatic N) is 3. The van der Waals surface area contributed by atoms with Crippen LogP contribution in [-0.2, 0) is 6.18 Å². The first-order chi connectivity index (χ1) is 14.8. The number of hydrogen-bond acceptors (Lipinski definition) is 3. The number of halogens is 4. The van der Waals surface area contributed by atoms with Gasteiger partial charge in [-0.05, 0) is 42.5 Å². The lowest BCUT2D eigenvalue weighted by atomic mass is 10.1. The van der Waals surface area contributed by atoms with Crippen molar-refractivity contribution in [2.24, 2.45) is 0 Å². The maximum absolute atomic E-state index is 13.3. The Bertz CT molecular complexity index is 1220. The van der Waals surface area contributed by atoms with Gasteiger partial charge in [-0.2, -0.15) is 18.3 Å². The summed E-state index contributed by atoms with van der Waals surface area (Å²) in [4.78, 5) is 16.3. The van der Waals surface area contributed by atoms with Crippen molar-refractivity contribution >= 4 is 23.2 Å². The monoisotopic (exact) mass is 442 g/mol. The number of pyridine rings is 1. The minimum atomic E-state index is -4.62. The van der Waals surface area contributed by atoms with Crippen LogP contribution in [0.5, 0.6) is 0 Å². The van der Waals surface area contributed by atoms with E-state index < -0.39 is 11.9 Å². The molecular weight excluding hydrogens is 429 g/mol. The molecule has 4 rings (SSSR count). The molecule has 0 bridgehead atoms. The summed E-state index contributed by atoms with van der Waals surface area (Å²) in [6.07, 6.45) is -1.52. The normalized spacial score (nSPS) is 11.4. The Hall–Kier alpha value is -3.65. The predicted octanol–water partition coefficient (Wildman–Crippen LogP) is 5.86. The van der Waals surface area contributed by atoms with Gasteiger partial charge >= 0.3 is 6.18 Å². The van der Waals surface area contributed by atoms with Crippen LogP contribution in [0.3, 0.4) is 0 Å². The standard InChI is InChI=1S/C22H14ClF3N4O/c23-17-3-1-2-4-18(17)30-19(13-20(29-30)22(24,25)26)14-5-7-15(8-6-14)21(31)28-16-9-11-27-12-10-16/h1-13H,(H,27,28,31). The van der Waals surface area contributed by atoms with Gasteiger partial charge in [0.05, 0.1) is 16.4 Å². The van der Waals surface area contributed by atoms with E-state index in [1.54, 1.807) is 60.9 Å². The molecule has 0 aliphatic carbocycles. The maximum Gasteiger partial charge on any atom is 0.435 e. The van der Waals surface area contributed by atoms with Crippen LogP contribution in [0.2, 0.25) is 5.02 Å². The van der Waals surface area contributed by atoms with Crippen molar-refractivity contribution < 1.29 is 18.0 Å². The molecule has 1 amide bonds. The first-order valence-electron chi connectivity index (χ1n) is 9.07. The molecule has 0 unspecified atom stereocenters. The molecule has 2 aromatic heterocycles. The van der Waals surface area contributed by atoms with Gasteiger partial charge in [0.1, 0.15) is 0 Å². The fraction of sp³-hybridized carbons (Fsp3) is 0.0455. The molecular formula is C22H14ClF3N4O. The lowest BCUT2D eigenvalue weighted by Crippen LogP contribution is -2.11. The molecule has 0 atom stereocenters. The van der Waals surface area contributed by atoms with E-state index in [0.717, 1.165) is 10.7 Å². The van der Waals surface area contributed by atoms with Crippen molar-refractivity contribution in [1.82, 2.24) is 14.8 Å². The summed E-state index contributed by atoms with van der Waals surface area (Å²) in [5.41, 5.74) is 0.845. The second kappa shape index (κ2) is 8.23. The number of amides is 1. The molecule has 9 heteroatoms. The first kappa shape index (κ1) is 20.6. The molecule has 31 heavy (non-hydrogen) atoms. The Kier molecular flexibility index (Phi) is 5.48. The van der Waals surface area contributed by atoms with Crippen LogP contribution in [0, 0.1) is 0 Å². The molecule has 0 aliphatic heterocycles. The third kappa shape index (κ3) is 4.44. The van der Waals surface area contributed by atoms with E-state index in [1.807, 2.05) is 0 Å². The zero-order chi connectivity index (χ0) is 22.0. The number of aromatic nitrogens is 3. The van der Waals surface area contributed by atoms with Crippen molar-refractivity contribution in [1.29, 1.82) is 0 Å². The van der Waals surface area contributed by atoms with Gasteiger partial charge in [-0.25, -0.2) is 4.68 Å². The van der Waals surface area contributed by atoms with E-state index in [9.17, 15) is 18.0 Å². The fourth-order valence-electron chi connectivity index (χ4n) is 2.96. The highest BCUT2D eigenvalue weighted by atomic mass is 35.5. The Labute approximate surface area is 180 Å². The van der Waals surface area contributed by atoms with Crippen LogP contribution >= 0.6 is 11.6 Å². The Morgan fingerprint density at radius 2 is 1.65 bits per heavy atom. The minimum absolute atomic E-state index is 0.196. The topological polar surface area (TPSA) is 59.8 Å². The molecule has 0 spiro atoms. The number of rotatable bonds is 4. The highest BCUT2D eigenvalue weighted by Gasteiger charge is 2.35. The maximum atomic E-state index is 13.3. The lowest BCUT2D eigenvalue weighted by molar-refractivity contribution is -0.141. The number of benzene rings is 2. The van der Waals surface area contributed by atoms with E-state index in [-0.39, 0.29) is 16.6 Å². The molecule has 0 saturated carbocycles. The quantitative estimate of drug-likeness (QED) is 0.430. The van der Waals surface area contributed by atoms with Crippen molar-refractivity contribution in [2.45, 2.75) is 6.18 Å². The second-order valence-corrected chi connectivity index (χ2v) is 6.95. The van der Waals surface area contributed by atoms with Gasteiger partial charge in [-0.1, -0.05) is 35.9 Å². The van der Waals surface area contributed by atoms with E-state index in [2.05, 4.69) is 15.4 Å². The smallest absolute Gasteiger partial charge is 0.322 e. The molecule has 0 aliphatic rings. The van der Waals surface area contributed by atoms with E-state index in [4.69, 9.17) is 11.6 Å². The number of para-hydroxylation sites is 1. The molecule has 1 N–H and O–H groups in total. The van der Waals surface area contributed by atoms with Gasteiger partial charge in [0.25, 0.3) is 5.91 Å². The van der Waals surface area contributed by atoms with Gasteiger partial charge in [0, 0.05) is 29.2 Å². The summed E-state index contributed by atoms with van der Waals surface area (Å²) in [7, 11) is 0. The number of carbonyl (C=O) groups is 1. The zero-order valence-corrected chi connectivity index (χ0v) is 16.5. The predicted molar refractivity (Wildman–Crippen MR) is 111 cm³/mol. The molecule has 0 fully saturated rings. The van der Waals surface area contributed by atoms with Gasteiger partial charge < -0.3 is 5.32 Å². The molecule has 4 aromatic rings. The fourth-order valence-corrected chi connectivity index (χ4v) is 3.18. The van der Waals surface area contributed by atoms with E-state index in [1.165, 1.54) is 12.1 Å². The summed E-state index contributed by atoms with van der Waals surface area (Å²) >= 11 is 6.19. The molecule has 2 aromatic carbocycles. The summed E-state index contributed by atoms with van der Waals surface area (Å²) in [5, 5.41) is 6.71. The summed E-state index contributed by atoms with van der Waals surface area (Å²) in [6.45, 7) is 0. The number of alkyl halides is 3. The minimum Gasteiger partial charge on any atom is -0.322 e. The first-order valence-corrected chi connectivity index (χ1v) is 9.45. The summed E-state index contributed by atoms with van der Waals surface area (Å²) in [5.74, 6) is -0.353. The van der Waals surface area contributed by atoms with Crippen molar-refractivity contribution in [3.8, 4) is 16.9 Å². The Morgan fingerprint density at radius 3 is 2.29 bits per heavy atom. The number of hydrogen-bond donors (Lipinski definition) is 1. The van der Waals surface area contributed by atoms with Crippen molar-refractivity contribution in [3.63, 3.8) is 0 Å². The van der Waals surface area contributed by atoms with Gasteiger partial charge in [0.15, 0.2) is 5.69 Å². The third-order valence-electron chi connectivity index (χ3n) is 4.46. The molecule has 0 radical (unpaired) electrons. The van der Waals surface area contributed by atoms with Crippen LogP contribution in [0.15, 0.2) is 79.1 Å². The van der Waals surface area contributed by atoms with Crippen molar-refractivity contribution in [2.75, 3.05) is 5.32 Å². The second-order valence-electron chi connectivity index (χ2n) is 6.54. The SMILES string of the molecule is O=C(Nc1ccncc1)c1ccc(-c2cc(C(F)(F)F)nn2-c2ccccc2Cl)cc1. The summed E-state index contributed by atoms with van der Waals surface area (Å²) in [6, 6.07) is 16.9. The van der Waals surface area contributed by atoms with Crippen LogP contribution in [-0.4, -0.2) is 20.7 Å². The van der Waals surface area contributed by atoms with E-state index in [0.29, 0.717) is 22.5 Å². The molecule has 156 valence electrons. The van der Waals surface area contributed by atoms with Gasteiger partial charge in [-0.3, -0.25) is 9.78 Å². The van der Waals surface area contributed by atoms with Crippen molar-refractivity contribution in [3.05, 3.63) is 95.4 Å². The third-order valence-corrected chi connectivity index (χ3v) is 4.78. The van der Waals surface area contributed by atoms with Gasteiger partial charge in [0.2, 0.25) is 0 Å². The number of anilines is 1. The van der Waals surface area contributed by atoms with Crippen LogP contribution in [0.1, 0.15) is 16.1 Å². The Balaban J connectivity index is 1.70. The van der Waals surface area contributed by atoms with Crippen LogP contribution < -0.4 is 5.32 Å². The molecule has 2 heterocycles. The average Bonchev–Trinajstić information content (AvgIpc) is 3.21. The number of carbonyl (C=O) groups excluding carboxylic acids is 1. The van der Waals surface area contributed by atoms with Crippen LogP contribution in [0.25, 0.3) is 16.9 Å². The lowest BCUT2D eigenvalue weighted by Gasteiger charge is -2.10. The highest BCUT2D eigenvalue weighted by Crippen LogP contribution is 2.34. The zero-order valence-electron chi connectivity index (χ0n) is 15.8. The molecule has 0 saturated heterocycles. The van der Waals surface area contributed by atoms with Crippen LogP contribution in [0.4, 0.5) is 18.9 Å². The highest BCUT2D eigenvalue weighted by molar-refractivity contribution is 6.32. The average molecular weight is 443 g/mol.